The minimum Gasteiger partial charge on any atom is -0.378 e. The Kier molecular flexibility index (Phi) is 5.83. The SMILES string of the molecule is CCCNC[C@H]1CC[C@@H]2[C@H](O1)c1cc(C(F)(F)F)ccc1N[C@H]2c1ccccc1. The first-order chi connectivity index (χ1) is 14.0. The highest BCUT2D eigenvalue weighted by Gasteiger charge is 2.43. The van der Waals surface area contributed by atoms with Gasteiger partial charge in [0.05, 0.1) is 23.8 Å². The van der Waals surface area contributed by atoms with Crippen molar-refractivity contribution in [2.75, 3.05) is 18.4 Å². The van der Waals surface area contributed by atoms with E-state index in [4.69, 9.17) is 4.74 Å². The van der Waals surface area contributed by atoms with Crippen LogP contribution in [0.2, 0.25) is 0 Å². The summed E-state index contributed by atoms with van der Waals surface area (Å²) in [6.45, 7) is 3.75. The fraction of sp³-hybridized carbons (Fsp3) is 0.478. The van der Waals surface area contributed by atoms with Crippen molar-refractivity contribution < 1.29 is 17.9 Å². The number of hydrogen-bond donors (Lipinski definition) is 2. The van der Waals surface area contributed by atoms with Gasteiger partial charge < -0.3 is 15.4 Å². The van der Waals surface area contributed by atoms with E-state index in [9.17, 15) is 13.2 Å². The van der Waals surface area contributed by atoms with Crippen LogP contribution in [0.1, 0.15) is 55.0 Å². The smallest absolute Gasteiger partial charge is 0.378 e. The third kappa shape index (κ3) is 4.28. The zero-order valence-corrected chi connectivity index (χ0v) is 16.5. The van der Waals surface area contributed by atoms with E-state index in [1.54, 1.807) is 6.07 Å². The lowest BCUT2D eigenvalue weighted by Gasteiger charge is -2.46. The summed E-state index contributed by atoms with van der Waals surface area (Å²) in [4.78, 5) is 0. The van der Waals surface area contributed by atoms with E-state index in [1.165, 1.54) is 6.07 Å². The lowest BCUT2D eigenvalue weighted by molar-refractivity contribution is -0.138. The van der Waals surface area contributed by atoms with Gasteiger partial charge >= 0.3 is 6.18 Å². The summed E-state index contributed by atoms with van der Waals surface area (Å²) in [5.41, 5.74) is 1.87. The molecule has 0 saturated carbocycles. The Bertz CT molecular complexity index is 825. The second-order valence-corrected chi connectivity index (χ2v) is 7.96. The normalized spacial score (nSPS) is 26.3. The van der Waals surface area contributed by atoms with Gasteiger partial charge in [0.2, 0.25) is 0 Å². The third-order valence-corrected chi connectivity index (χ3v) is 5.93. The number of rotatable bonds is 5. The van der Waals surface area contributed by atoms with Crippen LogP contribution >= 0.6 is 0 Å². The molecule has 1 fully saturated rings. The van der Waals surface area contributed by atoms with Crippen LogP contribution in [0.3, 0.4) is 0 Å². The highest BCUT2D eigenvalue weighted by Crippen LogP contribution is 2.51. The minimum absolute atomic E-state index is 0.0136. The van der Waals surface area contributed by atoms with Crippen LogP contribution in [0, 0.1) is 5.92 Å². The number of nitrogens with one attached hydrogen (secondary N) is 2. The van der Waals surface area contributed by atoms with E-state index >= 15 is 0 Å². The molecule has 4 rings (SSSR count). The molecule has 4 atom stereocenters. The van der Waals surface area contributed by atoms with Crippen LogP contribution in [-0.4, -0.2) is 19.2 Å². The maximum absolute atomic E-state index is 13.3. The number of benzene rings is 2. The molecule has 0 aromatic heterocycles. The maximum atomic E-state index is 13.3. The van der Waals surface area contributed by atoms with Crippen molar-refractivity contribution in [3.8, 4) is 0 Å². The number of hydrogen-bond acceptors (Lipinski definition) is 3. The van der Waals surface area contributed by atoms with Gasteiger partial charge in [0.1, 0.15) is 0 Å². The summed E-state index contributed by atoms with van der Waals surface area (Å²) in [6.07, 6.45) is -1.85. The van der Waals surface area contributed by atoms with Gasteiger partial charge in [-0.25, -0.2) is 0 Å². The minimum atomic E-state index is -4.36. The Labute approximate surface area is 169 Å². The Morgan fingerprint density at radius 1 is 1.10 bits per heavy atom. The molecule has 3 nitrogen and oxygen atoms in total. The molecule has 29 heavy (non-hydrogen) atoms. The van der Waals surface area contributed by atoms with E-state index in [1.807, 2.05) is 18.2 Å². The standard InChI is InChI=1S/C23H27F3N2O/c1-2-12-27-14-17-9-10-18-21(15-6-4-3-5-7-15)28-20-11-8-16(23(24,25)26)13-19(20)22(18)29-17/h3-8,11,13,17-18,21-22,27-28H,2,9-10,12,14H2,1H3/t17-,18+,21+,22+/m1/s1. The third-order valence-electron chi connectivity index (χ3n) is 5.93. The highest BCUT2D eigenvalue weighted by molar-refractivity contribution is 5.58. The molecule has 0 bridgehead atoms. The number of anilines is 1. The fourth-order valence-corrected chi connectivity index (χ4v) is 4.51. The molecule has 156 valence electrons. The Hall–Kier alpha value is -2.05. The van der Waals surface area contributed by atoms with Gasteiger partial charge in [0.15, 0.2) is 0 Å². The number of fused-ring (bicyclic) bond motifs is 3. The van der Waals surface area contributed by atoms with Crippen molar-refractivity contribution in [3.63, 3.8) is 0 Å². The predicted octanol–water partition coefficient (Wildman–Crippen LogP) is 5.71. The maximum Gasteiger partial charge on any atom is 0.416 e. The van der Waals surface area contributed by atoms with Crippen LogP contribution in [0.25, 0.3) is 0 Å². The lowest BCUT2D eigenvalue weighted by atomic mass is 9.76. The molecule has 1 saturated heterocycles. The van der Waals surface area contributed by atoms with E-state index in [0.29, 0.717) is 5.56 Å². The molecule has 0 spiro atoms. The first-order valence-electron chi connectivity index (χ1n) is 10.4. The van der Waals surface area contributed by atoms with Crippen LogP contribution < -0.4 is 10.6 Å². The molecular formula is C23H27F3N2O. The Balaban J connectivity index is 1.67. The molecule has 2 aromatic rings. The van der Waals surface area contributed by atoms with Crippen molar-refractivity contribution in [1.82, 2.24) is 5.32 Å². The number of alkyl halides is 3. The second kappa shape index (κ2) is 8.36. The summed E-state index contributed by atoms with van der Waals surface area (Å²) < 4.78 is 46.4. The van der Waals surface area contributed by atoms with Gasteiger partial charge in [0.25, 0.3) is 0 Å². The van der Waals surface area contributed by atoms with Crippen LogP contribution in [0.4, 0.5) is 18.9 Å². The largest absolute Gasteiger partial charge is 0.416 e. The van der Waals surface area contributed by atoms with Gasteiger partial charge in [-0.2, -0.15) is 13.2 Å². The zero-order chi connectivity index (χ0) is 20.4. The molecule has 0 aliphatic carbocycles. The fourth-order valence-electron chi connectivity index (χ4n) is 4.51. The van der Waals surface area contributed by atoms with Crippen molar-refractivity contribution in [2.45, 2.75) is 50.6 Å². The first-order valence-corrected chi connectivity index (χ1v) is 10.4. The zero-order valence-electron chi connectivity index (χ0n) is 16.5. The van der Waals surface area contributed by atoms with E-state index in [-0.39, 0.29) is 24.2 Å². The molecule has 0 amide bonds. The molecule has 2 aromatic carbocycles. The molecule has 0 unspecified atom stereocenters. The molecular weight excluding hydrogens is 377 g/mol. The molecule has 0 radical (unpaired) electrons. The van der Waals surface area contributed by atoms with E-state index in [2.05, 4.69) is 29.7 Å². The van der Waals surface area contributed by atoms with Crippen molar-refractivity contribution >= 4 is 5.69 Å². The molecule has 2 aliphatic heterocycles. The first kappa shape index (κ1) is 20.2. The van der Waals surface area contributed by atoms with Crippen molar-refractivity contribution in [3.05, 3.63) is 65.2 Å². The van der Waals surface area contributed by atoms with E-state index < -0.39 is 11.7 Å². The quantitative estimate of drug-likeness (QED) is 0.627. The Morgan fingerprint density at radius 2 is 1.90 bits per heavy atom. The molecule has 6 heteroatoms. The average molecular weight is 404 g/mol. The predicted molar refractivity (Wildman–Crippen MR) is 108 cm³/mol. The van der Waals surface area contributed by atoms with Gasteiger partial charge in [-0.3, -0.25) is 0 Å². The summed E-state index contributed by atoms with van der Waals surface area (Å²) >= 11 is 0. The van der Waals surface area contributed by atoms with Crippen LogP contribution in [0.15, 0.2) is 48.5 Å². The van der Waals surface area contributed by atoms with Crippen LogP contribution in [0.5, 0.6) is 0 Å². The topological polar surface area (TPSA) is 33.3 Å². The second-order valence-electron chi connectivity index (χ2n) is 7.96. The number of ether oxygens (including phenoxy) is 1. The summed E-state index contributed by atoms with van der Waals surface area (Å²) in [5.74, 6) is 0.0933. The van der Waals surface area contributed by atoms with Crippen molar-refractivity contribution in [2.24, 2.45) is 5.92 Å². The van der Waals surface area contributed by atoms with Crippen molar-refractivity contribution in [1.29, 1.82) is 0 Å². The average Bonchev–Trinajstić information content (AvgIpc) is 2.73. The number of halogens is 3. The van der Waals surface area contributed by atoms with Crippen LogP contribution in [-0.2, 0) is 10.9 Å². The van der Waals surface area contributed by atoms with Gasteiger partial charge in [0, 0.05) is 23.7 Å². The lowest BCUT2D eigenvalue weighted by Crippen LogP contribution is -2.42. The highest BCUT2D eigenvalue weighted by atomic mass is 19.4. The summed E-state index contributed by atoms with van der Waals surface area (Å²) in [7, 11) is 0. The van der Waals surface area contributed by atoms with Gasteiger partial charge in [-0.15, -0.1) is 0 Å². The molecule has 2 N–H and O–H groups in total. The monoisotopic (exact) mass is 404 g/mol. The Morgan fingerprint density at radius 3 is 2.62 bits per heavy atom. The van der Waals surface area contributed by atoms with Gasteiger partial charge in [-0.05, 0) is 49.6 Å². The van der Waals surface area contributed by atoms with E-state index in [0.717, 1.165) is 49.7 Å². The summed E-state index contributed by atoms with van der Waals surface area (Å²) in [6, 6.07) is 14.1. The molecule has 2 heterocycles. The molecule has 2 aliphatic rings. The van der Waals surface area contributed by atoms with Gasteiger partial charge in [-0.1, -0.05) is 37.3 Å². The summed E-state index contributed by atoms with van der Waals surface area (Å²) in [5, 5.41) is 6.88.